The van der Waals surface area contributed by atoms with Gasteiger partial charge in [0, 0.05) is 29.9 Å². The van der Waals surface area contributed by atoms with Gasteiger partial charge in [0.1, 0.15) is 5.82 Å². The molecule has 0 unspecified atom stereocenters. The van der Waals surface area contributed by atoms with E-state index in [2.05, 4.69) is 17.4 Å². The van der Waals surface area contributed by atoms with Crippen LogP contribution in [-0.4, -0.2) is 13.1 Å². The molecule has 2 aromatic rings. The monoisotopic (exact) mass is 275 g/mol. The Morgan fingerprint density at radius 2 is 1.32 bits per heavy atom. The number of hydrogen-bond acceptors (Lipinski definition) is 1. The summed E-state index contributed by atoms with van der Waals surface area (Å²) < 4.78 is 13.0. The first-order valence-corrected chi connectivity index (χ1v) is 6.83. The highest BCUT2D eigenvalue weighted by molar-refractivity contribution is 6.30. The summed E-state index contributed by atoms with van der Waals surface area (Å²) in [5.74, 6) is 0.627. The fourth-order valence-electron chi connectivity index (χ4n) is 2.80. The van der Waals surface area contributed by atoms with Gasteiger partial charge in [-0.05, 0) is 35.4 Å². The molecule has 2 atom stereocenters. The summed E-state index contributed by atoms with van der Waals surface area (Å²) in [6.07, 6.45) is 0. The molecule has 19 heavy (non-hydrogen) atoms. The number of nitrogens with one attached hydrogen (secondary N) is 1. The molecule has 0 spiro atoms. The molecular weight excluding hydrogens is 261 g/mol. The van der Waals surface area contributed by atoms with E-state index in [1.165, 1.54) is 23.3 Å². The predicted octanol–water partition coefficient (Wildman–Crippen LogP) is 3.95. The normalized spacial score (nSPS) is 22.6. The van der Waals surface area contributed by atoms with Crippen LogP contribution in [0.1, 0.15) is 23.0 Å². The lowest BCUT2D eigenvalue weighted by atomic mass is 9.84. The lowest BCUT2D eigenvalue weighted by Crippen LogP contribution is -2.09. The lowest BCUT2D eigenvalue weighted by Gasteiger charge is -2.19. The Morgan fingerprint density at radius 1 is 0.842 bits per heavy atom. The highest BCUT2D eigenvalue weighted by Gasteiger charge is 2.29. The van der Waals surface area contributed by atoms with E-state index in [9.17, 15) is 4.39 Å². The van der Waals surface area contributed by atoms with Crippen LogP contribution in [0.3, 0.4) is 0 Å². The van der Waals surface area contributed by atoms with E-state index >= 15 is 0 Å². The van der Waals surface area contributed by atoms with Crippen LogP contribution >= 0.6 is 11.6 Å². The van der Waals surface area contributed by atoms with Crippen LogP contribution in [-0.2, 0) is 0 Å². The number of rotatable bonds is 2. The molecule has 0 bridgehead atoms. The van der Waals surface area contributed by atoms with Gasteiger partial charge in [0.2, 0.25) is 0 Å². The van der Waals surface area contributed by atoms with Crippen LogP contribution in [0, 0.1) is 5.82 Å². The molecule has 3 heteroatoms. The predicted molar refractivity (Wildman–Crippen MR) is 76.2 cm³/mol. The Bertz CT molecular complexity index is 498. The zero-order chi connectivity index (χ0) is 13.2. The fraction of sp³-hybridized carbons (Fsp3) is 0.250. The summed E-state index contributed by atoms with van der Waals surface area (Å²) >= 11 is 5.93. The lowest BCUT2D eigenvalue weighted by molar-refractivity contribution is 0.621. The van der Waals surface area contributed by atoms with Crippen molar-refractivity contribution in [1.82, 2.24) is 5.32 Å². The van der Waals surface area contributed by atoms with Crippen molar-refractivity contribution in [2.24, 2.45) is 0 Å². The summed E-state index contributed by atoms with van der Waals surface area (Å²) in [6, 6.07) is 14.9. The van der Waals surface area contributed by atoms with Crippen LogP contribution in [0.4, 0.5) is 4.39 Å². The SMILES string of the molecule is Fc1ccc([C@@H]2CNC[C@@H]2c2ccc(Cl)cc2)cc1. The first-order valence-electron chi connectivity index (χ1n) is 6.45. The molecule has 0 saturated carbocycles. The van der Waals surface area contributed by atoms with Gasteiger partial charge in [0.25, 0.3) is 0 Å². The van der Waals surface area contributed by atoms with Crippen molar-refractivity contribution in [2.75, 3.05) is 13.1 Å². The smallest absolute Gasteiger partial charge is 0.123 e. The molecule has 1 aliphatic rings. The number of benzene rings is 2. The Kier molecular flexibility index (Phi) is 3.54. The topological polar surface area (TPSA) is 12.0 Å². The van der Waals surface area contributed by atoms with Gasteiger partial charge in [-0.1, -0.05) is 35.9 Å². The third-order valence-electron chi connectivity index (χ3n) is 3.81. The van der Waals surface area contributed by atoms with Gasteiger partial charge in [0.05, 0.1) is 0 Å². The van der Waals surface area contributed by atoms with Crippen LogP contribution in [0.5, 0.6) is 0 Å². The second-order valence-corrected chi connectivity index (χ2v) is 5.41. The van der Waals surface area contributed by atoms with Crippen molar-refractivity contribution < 1.29 is 4.39 Å². The quantitative estimate of drug-likeness (QED) is 0.875. The van der Waals surface area contributed by atoms with Crippen molar-refractivity contribution in [2.45, 2.75) is 11.8 Å². The number of halogens is 2. The van der Waals surface area contributed by atoms with Gasteiger partial charge in [-0.15, -0.1) is 0 Å². The summed E-state index contributed by atoms with van der Waals surface area (Å²) in [5.41, 5.74) is 2.47. The van der Waals surface area contributed by atoms with E-state index in [1.54, 1.807) is 0 Å². The maximum atomic E-state index is 13.0. The van der Waals surface area contributed by atoms with Crippen molar-refractivity contribution in [3.63, 3.8) is 0 Å². The van der Waals surface area contributed by atoms with E-state index < -0.39 is 0 Å². The fourth-order valence-corrected chi connectivity index (χ4v) is 2.93. The summed E-state index contributed by atoms with van der Waals surface area (Å²) in [6.45, 7) is 1.88. The van der Waals surface area contributed by atoms with E-state index in [4.69, 9.17) is 11.6 Å². The van der Waals surface area contributed by atoms with Crippen LogP contribution in [0.2, 0.25) is 5.02 Å². The minimum atomic E-state index is -0.183. The Morgan fingerprint density at radius 3 is 1.84 bits per heavy atom. The van der Waals surface area contributed by atoms with Crippen LogP contribution in [0.25, 0.3) is 0 Å². The van der Waals surface area contributed by atoms with Crippen molar-refractivity contribution in [3.05, 3.63) is 70.5 Å². The summed E-state index contributed by atoms with van der Waals surface area (Å²) in [4.78, 5) is 0. The molecule has 98 valence electrons. The molecule has 2 aromatic carbocycles. The largest absolute Gasteiger partial charge is 0.315 e. The molecule has 0 amide bonds. The average Bonchev–Trinajstić information content (AvgIpc) is 2.90. The Hall–Kier alpha value is -1.38. The van der Waals surface area contributed by atoms with Crippen LogP contribution < -0.4 is 5.32 Å². The van der Waals surface area contributed by atoms with Gasteiger partial charge in [-0.3, -0.25) is 0 Å². The first-order chi connectivity index (χ1) is 9.24. The summed E-state index contributed by atoms with van der Waals surface area (Å²) in [5, 5.41) is 4.18. The highest BCUT2D eigenvalue weighted by atomic mass is 35.5. The molecule has 0 aromatic heterocycles. The first kappa shape index (κ1) is 12.6. The second-order valence-electron chi connectivity index (χ2n) is 4.97. The second kappa shape index (κ2) is 5.32. The molecule has 1 heterocycles. The maximum absolute atomic E-state index is 13.0. The van der Waals surface area contributed by atoms with E-state index in [1.807, 2.05) is 24.3 Å². The van der Waals surface area contributed by atoms with Gasteiger partial charge >= 0.3 is 0 Å². The molecule has 0 radical (unpaired) electrons. The zero-order valence-electron chi connectivity index (χ0n) is 10.4. The van der Waals surface area contributed by atoms with Gasteiger partial charge in [0.15, 0.2) is 0 Å². The maximum Gasteiger partial charge on any atom is 0.123 e. The van der Waals surface area contributed by atoms with Crippen molar-refractivity contribution in [3.8, 4) is 0 Å². The molecular formula is C16H15ClFN. The van der Waals surface area contributed by atoms with Gasteiger partial charge < -0.3 is 5.32 Å². The van der Waals surface area contributed by atoms with Crippen LogP contribution in [0.15, 0.2) is 48.5 Å². The zero-order valence-corrected chi connectivity index (χ0v) is 11.2. The minimum Gasteiger partial charge on any atom is -0.315 e. The molecule has 1 aliphatic heterocycles. The third-order valence-corrected chi connectivity index (χ3v) is 4.06. The highest BCUT2D eigenvalue weighted by Crippen LogP contribution is 2.36. The molecule has 1 nitrogen and oxygen atoms in total. The van der Waals surface area contributed by atoms with E-state index in [0.29, 0.717) is 11.8 Å². The molecule has 1 N–H and O–H groups in total. The van der Waals surface area contributed by atoms with E-state index in [-0.39, 0.29) is 5.82 Å². The number of hydrogen-bond donors (Lipinski definition) is 1. The Balaban J connectivity index is 1.89. The van der Waals surface area contributed by atoms with Crippen molar-refractivity contribution in [1.29, 1.82) is 0 Å². The molecule has 1 saturated heterocycles. The molecule has 0 aliphatic carbocycles. The molecule has 3 rings (SSSR count). The third kappa shape index (κ3) is 2.65. The standard InChI is InChI=1S/C16H15ClFN/c17-13-5-1-11(2-6-13)15-9-19-10-16(15)12-3-7-14(18)8-4-12/h1-8,15-16,19H,9-10H2/t15-,16+/m1/s1. The molecule has 1 fully saturated rings. The average molecular weight is 276 g/mol. The van der Waals surface area contributed by atoms with Gasteiger partial charge in [-0.25, -0.2) is 4.39 Å². The van der Waals surface area contributed by atoms with Gasteiger partial charge in [-0.2, -0.15) is 0 Å². The van der Waals surface area contributed by atoms with E-state index in [0.717, 1.165) is 18.1 Å². The van der Waals surface area contributed by atoms with Crippen molar-refractivity contribution >= 4 is 11.6 Å². The Labute approximate surface area is 117 Å². The minimum absolute atomic E-state index is 0.183. The summed E-state index contributed by atoms with van der Waals surface area (Å²) in [7, 11) is 0.